The Morgan fingerprint density at radius 3 is 1.78 bits per heavy atom. The third-order valence-corrected chi connectivity index (χ3v) is 3.95. The van der Waals surface area contributed by atoms with Crippen LogP contribution in [0.1, 0.15) is 19.3 Å². The van der Waals surface area contributed by atoms with Gasteiger partial charge < -0.3 is 54.2 Å². The number of carbonyl (C=O) groups excluding carboxylic acids is 4. The summed E-state index contributed by atoms with van der Waals surface area (Å²) < 4.78 is 0. The van der Waals surface area contributed by atoms with Crippen molar-refractivity contribution in [3.05, 3.63) is 0 Å². The topological polar surface area (TPSA) is 299 Å². The van der Waals surface area contributed by atoms with Crippen LogP contribution in [0.5, 0.6) is 0 Å². The van der Waals surface area contributed by atoms with E-state index in [0.717, 1.165) is 0 Å². The summed E-state index contributed by atoms with van der Waals surface area (Å²) in [5.74, 6) is -5.43. The quantitative estimate of drug-likeness (QED) is 0.0619. The van der Waals surface area contributed by atoms with Gasteiger partial charge in [-0.25, -0.2) is 4.79 Å². The Kier molecular flexibility index (Phi) is 12.9. The molecule has 0 aromatic rings. The number of aliphatic imine (C=N–C) groups is 1. The molecule has 4 atom stereocenters. The monoisotopic (exact) mass is 462 g/mol. The van der Waals surface area contributed by atoms with Gasteiger partial charge in [0.25, 0.3) is 0 Å². The molecule has 0 rings (SSSR count). The fourth-order valence-corrected chi connectivity index (χ4v) is 2.28. The Bertz CT molecular complexity index is 712. The van der Waals surface area contributed by atoms with Crippen molar-refractivity contribution in [2.45, 2.75) is 43.4 Å². The summed E-state index contributed by atoms with van der Waals surface area (Å²) in [5.41, 5.74) is 21.0. The average molecular weight is 462 g/mol. The lowest BCUT2D eigenvalue weighted by Gasteiger charge is -2.24. The number of primary amides is 1. The van der Waals surface area contributed by atoms with Crippen molar-refractivity contribution in [3.8, 4) is 0 Å². The van der Waals surface area contributed by atoms with Crippen molar-refractivity contribution >= 4 is 35.6 Å². The molecule has 0 heterocycles. The van der Waals surface area contributed by atoms with E-state index in [4.69, 9.17) is 33.1 Å². The van der Waals surface area contributed by atoms with Crippen LogP contribution < -0.4 is 38.9 Å². The lowest BCUT2D eigenvalue weighted by Crippen LogP contribution is -2.58. The van der Waals surface area contributed by atoms with Crippen LogP contribution >= 0.6 is 0 Å². The highest BCUT2D eigenvalue weighted by Gasteiger charge is 2.29. The van der Waals surface area contributed by atoms with E-state index in [-0.39, 0.29) is 25.3 Å². The molecule has 16 nitrogen and oxygen atoms in total. The third kappa shape index (κ3) is 11.0. The summed E-state index contributed by atoms with van der Waals surface area (Å²) in [6, 6.07) is -5.86. The second-order valence-electron chi connectivity index (χ2n) is 6.61. The Labute approximate surface area is 182 Å². The van der Waals surface area contributed by atoms with Crippen molar-refractivity contribution in [3.63, 3.8) is 0 Å². The zero-order valence-corrected chi connectivity index (χ0v) is 17.2. The number of aliphatic carboxylic acids is 1. The second kappa shape index (κ2) is 14.5. The molecule has 14 N–H and O–H groups in total. The van der Waals surface area contributed by atoms with Crippen LogP contribution in [0.25, 0.3) is 0 Å². The Balaban J connectivity index is 5.29. The molecule has 0 spiro atoms. The standard InChI is InChI=1S/C16H30N8O8/c17-7(4-11(18)27)12(28)22-8(2-1-3-21-16(19)20)13(29)23-9(5-25)14(30)24-10(6-26)15(31)32/h7-10,25-26H,1-6,17H2,(H2,18,27)(H,22,28)(H,23,29)(H,24,30)(H,31,32)(H4,19,20,21). The molecule has 0 saturated carbocycles. The smallest absolute Gasteiger partial charge is 0.328 e. The van der Waals surface area contributed by atoms with Crippen LogP contribution in [0, 0.1) is 0 Å². The molecular formula is C16H30N8O8. The molecule has 0 bridgehead atoms. The number of aliphatic hydroxyl groups excluding tert-OH is 2. The number of guanidine groups is 1. The molecule has 4 amide bonds. The number of nitrogens with two attached hydrogens (primary N) is 4. The van der Waals surface area contributed by atoms with Gasteiger partial charge in [-0.1, -0.05) is 0 Å². The van der Waals surface area contributed by atoms with E-state index in [9.17, 15) is 29.1 Å². The molecule has 0 aromatic carbocycles. The van der Waals surface area contributed by atoms with Crippen molar-refractivity contribution in [2.24, 2.45) is 27.9 Å². The molecule has 0 aliphatic rings. The van der Waals surface area contributed by atoms with E-state index in [1.165, 1.54) is 0 Å². The van der Waals surface area contributed by atoms with E-state index in [1.54, 1.807) is 0 Å². The minimum absolute atomic E-state index is 0.0220. The molecule has 0 aliphatic heterocycles. The van der Waals surface area contributed by atoms with Gasteiger partial charge in [0, 0.05) is 6.54 Å². The molecule has 0 fully saturated rings. The zero-order chi connectivity index (χ0) is 24.8. The molecule has 0 aliphatic carbocycles. The van der Waals surface area contributed by atoms with Crippen molar-refractivity contribution in [2.75, 3.05) is 19.8 Å². The van der Waals surface area contributed by atoms with E-state index >= 15 is 0 Å². The van der Waals surface area contributed by atoms with Gasteiger partial charge in [-0.2, -0.15) is 0 Å². The second-order valence-corrected chi connectivity index (χ2v) is 6.61. The average Bonchev–Trinajstić information content (AvgIpc) is 2.70. The largest absolute Gasteiger partial charge is 0.480 e. The Hall–Kier alpha value is -3.50. The first-order valence-electron chi connectivity index (χ1n) is 9.37. The Morgan fingerprint density at radius 2 is 1.31 bits per heavy atom. The van der Waals surface area contributed by atoms with Crippen molar-refractivity contribution < 1.29 is 39.3 Å². The molecule has 0 aromatic heterocycles. The number of hydrogen-bond acceptors (Lipinski definition) is 9. The van der Waals surface area contributed by atoms with Gasteiger partial charge >= 0.3 is 5.97 Å². The first kappa shape index (κ1) is 28.5. The first-order chi connectivity index (χ1) is 14.9. The fraction of sp³-hybridized carbons (Fsp3) is 0.625. The highest BCUT2D eigenvalue weighted by Crippen LogP contribution is 2.02. The van der Waals surface area contributed by atoms with Gasteiger partial charge in [-0.05, 0) is 12.8 Å². The van der Waals surface area contributed by atoms with Gasteiger partial charge in [0.1, 0.15) is 18.1 Å². The van der Waals surface area contributed by atoms with Crippen LogP contribution in [-0.4, -0.2) is 94.8 Å². The summed E-state index contributed by atoms with van der Waals surface area (Å²) in [5, 5.41) is 33.7. The van der Waals surface area contributed by atoms with Gasteiger partial charge in [-0.15, -0.1) is 0 Å². The molecule has 0 saturated heterocycles. The maximum Gasteiger partial charge on any atom is 0.328 e. The maximum absolute atomic E-state index is 12.6. The number of rotatable bonds is 15. The van der Waals surface area contributed by atoms with Gasteiger partial charge in [0.2, 0.25) is 23.6 Å². The summed E-state index contributed by atoms with van der Waals surface area (Å²) in [6.07, 6.45) is -0.289. The van der Waals surface area contributed by atoms with Crippen LogP contribution in [-0.2, 0) is 24.0 Å². The van der Waals surface area contributed by atoms with Crippen LogP contribution in [0.3, 0.4) is 0 Å². The summed E-state index contributed by atoms with van der Waals surface area (Å²) in [6.45, 7) is -1.73. The molecule has 182 valence electrons. The van der Waals surface area contributed by atoms with Crippen molar-refractivity contribution in [1.29, 1.82) is 0 Å². The normalized spacial score (nSPS) is 14.2. The highest BCUT2D eigenvalue weighted by atomic mass is 16.4. The summed E-state index contributed by atoms with van der Waals surface area (Å²) >= 11 is 0. The predicted octanol–water partition coefficient (Wildman–Crippen LogP) is -6.23. The Morgan fingerprint density at radius 1 is 0.812 bits per heavy atom. The maximum atomic E-state index is 12.6. The van der Waals surface area contributed by atoms with Gasteiger partial charge in [0.05, 0.1) is 25.7 Å². The number of carbonyl (C=O) groups is 5. The lowest BCUT2D eigenvalue weighted by molar-refractivity contribution is -0.143. The lowest BCUT2D eigenvalue weighted by atomic mass is 10.1. The van der Waals surface area contributed by atoms with Gasteiger partial charge in [-0.3, -0.25) is 24.2 Å². The first-order valence-corrected chi connectivity index (χ1v) is 9.37. The van der Waals surface area contributed by atoms with Gasteiger partial charge in [0.15, 0.2) is 5.96 Å². The van der Waals surface area contributed by atoms with E-state index in [2.05, 4.69) is 15.6 Å². The third-order valence-electron chi connectivity index (χ3n) is 3.95. The molecule has 32 heavy (non-hydrogen) atoms. The highest BCUT2D eigenvalue weighted by molar-refractivity contribution is 5.95. The SMILES string of the molecule is NC(=O)CC(N)C(=O)NC(CCCN=C(N)N)C(=O)NC(CO)C(=O)NC(CO)C(=O)O. The molecule has 16 heteroatoms. The number of carboxylic acid groups (broad SMARTS) is 1. The fourth-order valence-electron chi connectivity index (χ4n) is 2.28. The predicted molar refractivity (Wildman–Crippen MR) is 109 cm³/mol. The van der Waals surface area contributed by atoms with Crippen LogP contribution in [0.4, 0.5) is 0 Å². The van der Waals surface area contributed by atoms with Crippen LogP contribution in [0.2, 0.25) is 0 Å². The number of amides is 4. The number of carboxylic acids is 1. The number of aliphatic hydroxyl groups is 2. The molecule has 4 unspecified atom stereocenters. The number of hydrogen-bond donors (Lipinski definition) is 10. The van der Waals surface area contributed by atoms with Crippen LogP contribution in [0.15, 0.2) is 4.99 Å². The van der Waals surface area contributed by atoms with E-state index in [0.29, 0.717) is 0 Å². The number of nitrogens with one attached hydrogen (secondary N) is 3. The van der Waals surface area contributed by atoms with Crippen molar-refractivity contribution in [1.82, 2.24) is 16.0 Å². The minimum atomic E-state index is -1.66. The van der Waals surface area contributed by atoms with E-state index < -0.39 is 73.4 Å². The summed E-state index contributed by atoms with van der Waals surface area (Å²) in [4.78, 5) is 62.5. The zero-order valence-electron chi connectivity index (χ0n) is 17.2. The summed E-state index contributed by atoms with van der Waals surface area (Å²) in [7, 11) is 0. The minimum Gasteiger partial charge on any atom is -0.480 e. The molecular weight excluding hydrogens is 432 g/mol. The molecule has 0 radical (unpaired) electrons. The van der Waals surface area contributed by atoms with E-state index in [1.807, 2.05) is 5.32 Å². The number of nitrogens with zero attached hydrogens (tertiary/aromatic N) is 1.